The van der Waals surface area contributed by atoms with Gasteiger partial charge in [0.05, 0.1) is 23.3 Å². The first-order valence-electron chi connectivity index (χ1n) is 7.16. The molecular formula is C15H21N3O3. The summed E-state index contributed by atoms with van der Waals surface area (Å²) < 4.78 is 0. The summed E-state index contributed by atoms with van der Waals surface area (Å²) in [5.41, 5.74) is 6.06. The molecule has 21 heavy (non-hydrogen) atoms. The molecule has 1 aliphatic carbocycles. The van der Waals surface area contributed by atoms with Gasteiger partial charge in [-0.25, -0.2) is 4.79 Å². The van der Waals surface area contributed by atoms with Crippen LogP contribution in [0.25, 0.3) is 0 Å². The van der Waals surface area contributed by atoms with Crippen LogP contribution in [0, 0.1) is 5.92 Å². The fourth-order valence-corrected chi connectivity index (χ4v) is 2.85. The summed E-state index contributed by atoms with van der Waals surface area (Å²) in [4.78, 5) is 27.2. The van der Waals surface area contributed by atoms with Crippen molar-refractivity contribution in [1.29, 1.82) is 0 Å². The number of carboxylic acids is 1. The second-order valence-electron chi connectivity index (χ2n) is 5.88. The number of carbonyl (C=O) groups excluding carboxylic acids is 1. The predicted molar refractivity (Wildman–Crippen MR) is 77.6 cm³/mol. The Balaban J connectivity index is 1.97. The molecule has 2 rings (SSSR count). The van der Waals surface area contributed by atoms with Crippen molar-refractivity contribution in [2.45, 2.75) is 44.7 Å². The minimum Gasteiger partial charge on any atom is -0.478 e. The topological polar surface area (TPSA) is 105 Å². The van der Waals surface area contributed by atoms with Crippen molar-refractivity contribution < 1.29 is 14.7 Å². The fourth-order valence-electron chi connectivity index (χ4n) is 2.85. The average Bonchev–Trinajstić information content (AvgIpc) is 2.44. The number of pyridine rings is 1. The smallest absolute Gasteiger partial charge is 0.335 e. The highest BCUT2D eigenvalue weighted by Gasteiger charge is 2.37. The van der Waals surface area contributed by atoms with E-state index in [9.17, 15) is 9.59 Å². The van der Waals surface area contributed by atoms with E-state index in [0.29, 0.717) is 24.5 Å². The van der Waals surface area contributed by atoms with Gasteiger partial charge in [-0.05, 0) is 30.9 Å². The maximum atomic E-state index is 12.3. The molecule has 1 aliphatic rings. The molecule has 1 saturated carbocycles. The number of nitrogens with zero attached hydrogens (tertiary/aromatic N) is 1. The summed E-state index contributed by atoms with van der Waals surface area (Å²) in [5, 5.41) is 11.7. The number of hydrogen-bond donors (Lipinski definition) is 3. The predicted octanol–water partition coefficient (Wildman–Crippen LogP) is 1.30. The number of rotatable bonds is 4. The molecule has 114 valence electrons. The Hall–Kier alpha value is -1.95. The normalized spacial score (nSPS) is 25.3. The van der Waals surface area contributed by atoms with Gasteiger partial charge in [-0.3, -0.25) is 9.78 Å². The SMILES string of the molecule is CC1CCCC(N)(C(=O)NCc2cc(C(=O)O)ccn2)C1. The number of aromatic carboxylic acids is 1. The summed E-state index contributed by atoms with van der Waals surface area (Å²) in [6.07, 6.45) is 4.85. The Morgan fingerprint density at radius 1 is 1.57 bits per heavy atom. The van der Waals surface area contributed by atoms with Crippen LogP contribution >= 0.6 is 0 Å². The number of carboxylic acid groups (broad SMARTS) is 1. The van der Waals surface area contributed by atoms with Crippen LogP contribution in [0.3, 0.4) is 0 Å². The van der Waals surface area contributed by atoms with Gasteiger partial charge in [0, 0.05) is 6.20 Å². The zero-order valence-corrected chi connectivity index (χ0v) is 12.1. The zero-order chi connectivity index (χ0) is 15.5. The van der Waals surface area contributed by atoms with Gasteiger partial charge >= 0.3 is 5.97 Å². The average molecular weight is 291 g/mol. The van der Waals surface area contributed by atoms with Crippen LogP contribution in [0.2, 0.25) is 0 Å². The Labute approximate surface area is 123 Å². The largest absolute Gasteiger partial charge is 0.478 e. The Bertz CT molecular complexity index is 547. The first kappa shape index (κ1) is 15.4. The molecule has 0 radical (unpaired) electrons. The van der Waals surface area contributed by atoms with Gasteiger partial charge in [0.2, 0.25) is 5.91 Å². The van der Waals surface area contributed by atoms with Crippen molar-refractivity contribution in [1.82, 2.24) is 10.3 Å². The van der Waals surface area contributed by atoms with E-state index < -0.39 is 11.5 Å². The lowest BCUT2D eigenvalue weighted by molar-refractivity contribution is -0.128. The number of hydrogen-bond acceptors (Lipinski definition) is 4. The second kappa shape index (κ2) is 6.22. The van der Waals surface area contributed by atoms with E-state index in [1.807, 2.05) is 0 Å². The van der Waals surface area contributed by atoms with E-state index in [-0.39, 0.29) is 18.0 Å². The van der Waals surface area contributed by atoms with Crippen LogP contribution in [-0.4, -0.2) is 27.5 Å². The molecule has 2 atom stereocenters. The van der Waals surface area contributed by atoms with E-state index >= 15 is 0 Å². The van der Waals surface area contributed by atoms with Crippen molar-refractivity contribution in [3.8, 4) is 0 Å². The monoisotopic (exact) mass is 291 g/mol. The molecule has 4 N–H and O–H groups in total. The Kier molecular flexibility index (Phi) is 4.57. The van der Waals surface area contributed by atoms with Crippen molar-refractivity contribution in [3.05, 3.63) is 29.6 Å². The molecule has 1 fully saturated rings. The Morgan fingerprint density at radius 3 is 3.00 bits per heavy atom. The van der Waals surface area contributed by atoms with Crippen LogP contribution in [0.4, 0.5) is 0 Å². The lowest BCUT2D eigenvalue weighted by atomic mass is 9.76. The van der Waals surface area contributed by atoms with Gasteiger partial charge in [-0.1, -0.05) is 19.8 Å². The Morgan fingerprint density at radius 2 is 2.33 bits per heavy atom. The highest BCUT2D eigenvalue weighted by atomic mass is 16.4. The molecule has 1 aromatic heterocycles. The van der Waals surface area contributed by atoms with Crippen molar-refractivity contribution >= 4 is 11.9 Å². The summed E-state index contributed by atoms with van der Waals surface area (Å²) in [5.74, 6) is -0.749. The molecule has 2 unspecified atom stereocenters. The standard InChI is InChI=1S/C15H21N3O3/c1-10-3-2-5-15(16,8-10)14(21)18-9-12-7-11(13(19)20)4-6-17-12/h4,6-7,10H,2-3,5,8-9,16H2,1H3,(H,18,21)(H,19,20). The maximum Gasteiger partial charge on any atom is 0.335 e. The highest BCUT2D eigenvalue weighted by Crippen LogP contribution is 2.30. The van der Waals surface area contributed by atoms with E-state index in [2.05, 4.69) is 17.2 Å². The number of carbonyl (C=O) groups is 2. The molecule has 6 heteroatoms. The third kappa shape index (κ3) is 3.78. The van der Waals surface area contributed by atoms with E-state index in [0.717, 1.165) is 12.8 Å². The lowest BCUT2D eigenvalue weighted by Gasteiger charge is -2.35. The van der Waals surface area contributed by atoms with Crippen LogP contribution in [0.1, 0.15) is 48.7 Å². The van der Waals surface area contributed by atoms with Gasteiger partial charge in [-0.15, -0.1) is 0 Å². The molecule has 0 aliphatic heterocycles. The van der Waals surface area contributed by atoms with E-state index in [1.165, 1.54) is 18.3 Å². The molecular weight excluding hydrogens is 270 g/mol. The second-order valence-corrected chi connectivity index (χ2v) is 5.88. The van der Waals surface area contributed by atoms with Crippen molar-refractivity contribution in [2.24, 2.45) is 11.7 Å². The summed E-state index contributed by atoms with van der Waals surface area (Å²) in [6.45, 7) is 2.29. The highest BCUT2D eigenvalue weighted by molar-refractivity contribution is 5.88. The number of aromatic nitrogens is 1. The lowest BCUT2D eigenvalue weighted by Crippen LogP contribution is -2.56. The van der Waals surface area contributed by atoms with E-state index in [1.54, 1.807) is 0 Å². The molecule has 6 nitrogen and oxygen atoms in total. The molecule has 1 amide bonds. The van der Waals surface area contributed by atoms with Crippen LogP contribution in [0.15, 0.2) is 18.3 Å². The first-order chi connectivity index (χ1) is 9.90. The molecule has 0 spiro atoms. The van der Waals surface area contributed by atoms with Crippen LogP contribution in [0.5, 0.6) is 0 Å². The molecule has 0 saturated heterocycles. The minimum atomic E-state index is -1.01. The summed E-state index contributed by atoms with van der Waals surface area (Å²) in [6, 6.07) is 2.87. The summed E-state index contributed by atoms with van der Waals surface area (Å²) >= 11 is 0. The third-order valence-electron chi connectivity index (χ3n) is 3.98. The van der Waals surface area contributed by atoms with Gasteiger partial charge in [0.25, 0.3) is 0 Å². The van der Waals surface area contributed by atoms with Gasteiger partial charge in [0.1, 0.15) is 0 Å². The molecule has 1 heterocycles. The van der Waals surface area contributed by atoms with Crippen LogP contribution < -0.4 is 11.1 Å². The molecule has 1 aromatic rings. The fraction of sp³-hybridized carbons (Fsp3) is 0.533. The number of nitrogens with two attached hydrogens (primary N) is 1. The maximum absolute atomic E-state index is 12.3. The number of amides is 1. The minimum absolute atomic E-state index is 0.156. The third-order valence-corrected chi connectivity index (χ3v) is 3.98. The molecule has 0 aromatic carbocycles. The number of nitrogens with one attached hydrogen (secondary N) is 1. The van der Waals surface area contributed by atoms with Gasteiger partial charge in [0.15, 0.2) is 0 Å². The van der Waals surface area contributed by atoms with Crippen LogP contribution in [-0.2, 0) is 11.3 Å². The van der Waals surface area contributed by atoms with Gasteiger partial charge in [-0.2, -0.15) is 0 Å². The first-order valence-corrected chi connectivity index (χ1v) is 7.16. The molecule has 0 bridgehead atoms. The quantitative estimate of drug-likeness (QED) is 0.775. The van der Waals surface area contributed by atoms with Crippen molar-refractivity contribution in [2.75, 3.05) is 0 Å². The zero-order valence-electron chi connectivity index (χ0n) is 12.1. The van der Waals surface area contributed by atoms with Crippen molar-refractivity contribution in [3.63, 3.8) is 0 Å². The van der Waals surface area contributed by atoms with Gasteiger partial charge < -0.3 is 16.2 Å². The van der Waals surface area contributed by atoms with E-state index in [4.69, 9.17) is 10.8 Å². The summed E-state index contributed by atoms with van der Waals surface area (Å²) in [7, 11) is 0.